The largest absolute Gasteiger partial charge is 0.341 e. The Morgan fingerprint density at radius 3 is 2.32 bits per heavy atom. The highest BCUT2D eigenvalue weighted by Gasteiger charge is 2.34. The minimum absolute atomic E-state index is 0.0238. The van der Waals surface area contributed by atoms with E-state index in [2.05, 4.69) is 32.6 Å². The van der Waals surface area contributed by atoms with Crippen LogP contribution >= 0.6 is 11.6 Å². The summed E-state index contributed by atoms with van der Waals surface area (Å²) in [6.45, 7) is 13.1. The van der Waals surface area contributed by atoms with Gasteiger partial charge in [-0.1, -0.05) is 39.3 Å². The fourth-order valence-electron chi connectivity index (χ4n) is 3.92. The van der Waals surface area contributed by atoms with Crippen molar-refractivity contribution >= 4 is 27.5 Å². The van der Waals surface area contributed by atoms with Crippen LogP contribution in [0.25, 0.3) is 0 Å². The number of benzene rings is 1. The molecular formula is C22H35ClFN3O3S. The van der Waals surface area contributed by atoms with Crippen molar-refractivity contribution in [3.05, 3.63) is 29.0 Å². The van der Waals surface area contributed by atoms with Gasteiger partial charge in [-0.3, -0.25) is 4.79 Å². The molecule has 0 N–H and O–H groups in total. The van der Waals surface area contributed by atoms with Gasteiger partial charge in [0.25, 0.3) is 0 Å². The molecule has 1 aromatic rings. The molecule has 1 aromatic carbocycles. The van der Waals surface area contributed by atoms with Crippen LogP contribution in [0.4, 0.5) is 4.39 Å². The van der Waals surface area contributed by atoms with Crippen molar-refractivity contribution in [3.63, 3.8) is 0 Å². The third kappa shape index (κ3) is 6.88. The molecule has 1 aliphatic heterocycles. The normalized spacial score (nSPS) is 16.3. The molecular weight excluding hydrogens is 441 g/mol. The van der Waals surface area contributed by atoms with Gasteiger partial charge in [0.1, 0.15) is 5.82 Å². The molecule has 0 unspecified atom stereocenters. The molecule has 0 saturated carbocycles. The Morgan fingerprint density at radius 1 is 1.19 bits per heavy atom. The van der Waals surface area contributed by atoms with Crippen molar-refractivity contribution in [3.8, 4) is 0 Å². The first-order chi connectivity index (χ1) is 14.6. The number of piperidine rings is 1. The van der Waals surface area contributed by atoms with Gasteiger partial charge in [0.2, 0.25) is 15.9 Å². The Bertz CT molecular complexity index is 838. The van der Waals surface area contributed by atoms with Crippen LogP contribution in [0.5, 0.6) is 0 Å². The summed E-state index contributed by atoms with van der Waals surface area (Å²) in [7, 11) is -3.77. The predicted molar refractivity (Wildman–Crippen MR) is 122 cm³/mol. The number of rotatable bonds is 10. The van der Waals surface area contributed by atoms with Crippen LogP contribution in [0.3, 0.4) is 0 Å². The van der Waals surface area contributed by atoms with Crippen LogP contribution in [-0.4, -0.2) is 74.2 Å². The van der Waals surface area contributed by atoms with Crippen LogP contribution in [0.1, 0.15) is 40.5 Å². The molecule has 31 heavy (non-hydrogen) atoms. The van der Waals surface area contributed by atoms with Crippen molar-refractivity contribution in [2.24, 2.45) is 11.8 Å². The van der Waals surface area contributed by atoms with Crippen LogP contribution in [-0.2, 0) is 14.8 Å². The molecule has 1 heterocycles. The molecule has 0 spiro atoms. The number of carbonyl (C=O) groups excluding carboxylic acids is 1. The highest BCUT2D eigenvalue weighted by Crippen LogP contribution is 2.27. The third-order valence-corrected chi connectivity index (χ3v) is 7.99. The Morgan fingerprint density at radius 2 is 1.81 bits per heavy atom. The topological polar surface area (TPSA) is 60.9 Å². The molecule has 176 valence electrons. The molecule has 0 aromatic heterocycles. The maximum atomic E-state index is 13.4. The van der Waals surface area contributed by atoms with Crippen LogP contribution in [0.2, 0.25) is 5.02 Å². The Balaban J connectivity index is 2.03. The average Bonchev–Trinajstić information content (AvgIpc) is 2.74. The molecule has 0 radical (unpaired) electrons. The lowest BCUT2D eigenvalue weighted by atomic mass is 9.96. The van der Waals surface area contributed by atoms with E-state index in [0.717, 1.165) is 31.8 Å². The van der Waals surface area contributed by atoms with Gasteiger partial charge >= 0.3 is 0 Å². The summed E-state index contributed by atoms with van der Waals surface area (Å²) >= 11 is 5.76. The van der Waals surface area contributed by atoms with Crippen molar-refractivity contribution < 1.29 is 17.6 Å². The number of sulfonamides is 1. The van der Waals surface area contributed by atoms with E-state index in [1.165, 1.54) is 10.4 Å². The van der Waals surface area contributed by atoms with Crippen molar-refractivity contribution in [2.75, 3.05) is 45.8 Å². The summed E-state index contributed by atoms with van der Waals surface area (Å²) in [6, 6.07) is 3.43. The summed E-state index contributed by atoms with van der Waals surface area (Å²) < 4.78 is 40.6. The Labute approximate surface area is 191 Å². The first-order valence-electron chi connectivity index (χ1n) is 11.1. The third-order valence-electron chi connectivity index (χ3n) is 5.81. The molecule has 1 aliphatic rings. The summed E-state index contributed by atoms with van der Waals surface area (Å²) in [4.78, 5) is 17.4. The highest BCUT2D eigenvalue weighted by molar-refractivity contribution is 7.89. The Kier molecular flexibility index (Phi) is 9.73. The zero-order valence-corrected chi connectivity index (χ0v) is 20.6. The number of hydrogen-bond donors (Lipinski definition) is 0. The molecule has 2 rings (SSSR count). The van der Waals surface area contributed by atoms with Crippen LogP contribution in [0.15, 0.2) is 23.1 Å². The quantitative estimate of drug-likeness (QED) is 0.517. The summed E-state index contributed by atoms with van der Waals surface area (Å²) in [5.41, 5.74) is 0. The van der Waals surface area contributed by atoms with E-state index in [1.54, 1.807) is 0 Å². The van der Waals surface area contributed by atoms with Crippen LogP contribution in [0, 0.1) is 17.7 Å². The lowest BCUT2D eigenvalue weighted by molar-refractivity contribution is -0.137. The van der Waals surface area contributed by atoms with E-state index in [4.69, 9.17) is 11.6 Å². The smallest absolute Gasteiger partial charge is 0.243 e. The minimum atomic E-state index is -3.77. The number of carbonyl (C=O) groups is 1. The summed E-state index contributed by atoms with van der Waals surface area (Å²) in [5, 5.41) is -0.219. The number of likely N-dealkylation sites (N-methyl/N-ethyl adjacent to an activating group) is 1. The molecule has 0 aliphatic carbocycles. The molecule has 6 nitrogen and oxygen atoms in total. The number of hydrogen-bond acceptors (Lipinski definition) is 4. The predicted octanol–water partition coefficient (Wildman–Crippen LogP) is 3.71. The van der Waals surface area contributed by atoms with E-state index in [1.807, 2.05) is 4.90 Å². The second-order valence-electron chi connectivity index (χ2n) is 8.46. The highest BCUT2D eigenvalue weighted by atomic mass is 35.5. The minimum Gasteiger partial charge on any atom is -0.341 e. The zero-order valence-electron chi connectivity index (χ0n) is 19.0. The SMILES string of the molecule is CCN(CC)CCN(CC(C)C)C(=O)C1CCN(S(=O)(=O)c2ccc(F)c(Cl)c2)CC1. The van der Waals surface area contributed by atoms with Gasteiger partial charge in [0, 0.05) is 38.6 Å². The lowest BCUT2D eigenvalue weighted by Crippen LogP contribution is -2.47. The average molecular weight is 476 g/mol. The number of halogens is 2. The van der Waals surface area contributed by atoms with Crippen LogP contribution < -0.4 is 0 Å². The molecule has 0 atom stereocenters. The van der Waals surface area contributed by atoms with Gasteiger partial charge in [-0.05, 0) is 50.0 Å². The first-order valence-corrected chi connectivity index (χ1v) is 12.9. The van der Waals surface area contributed by atoms with Gasteiger partial charge in [-0.25, -0.2) is 12.8 Å². The fraction of sp³-hybridized carbons (Fsp3) is 0.682. The van der Waals surface area contributed by atoms with Gasteiger partial charge in [0.05, 0.1) is 9.92 Å². The lowest BCUT2D eigenvalue weighted by Gasteiger charge is -2.35. The second-order valence-corrected chi connectivity index (χ2v) is 10.8. The van der Waals surface area contributed by atoms with Gasteiger partial charge in [-0.2, -0.15) is 4.31 Å². The molecule has 0 bridgehead atoms. The molecule has 1 saturated heterocycles. The van der Waals surface area contributed by atoms with E-state index in [-0.39, 0.29) is 34.8 Å². The van der Waals surface area contributed by atoms with Gasteiger partial charge in [0.15, 0.2) is 0 Å². The van der Waals surface area contributed by atoms with Crippen molar-refractivity contribution in [1.82, 2.24) is 14.1 Å². The van der Waals surface area contributed by atoms with E-state index < -0.39 is 15.8 Å². The number of nitrogens with zero attached hydrogens (tertiary/aromatic N) is 3. The second kappa shape index (κ2) is 11.6. The molecule has 1 fully saturated rings. The van der Waals surface area contributed by atoms with E-state index >= 15 is 0 Å². The van der Waals surface area contributed by atoms with Gasteiger partial charge < -0.3 is 9.80 Å². The standard InChI is InChI=1S/C22H35ClFN3O3S/c1-5-25(6-2)13-14-26(16-17(3)4)22(28)18-9-11-27(12-10-18)31(29,30)19-7-8-21(24)20(23)15-19/h7-8,15,17-18H,5-6,9-14,16H2,1-4H3. The fourth-order valence-corrected chi connectivity index (χ4v) is 5.66. The summed E-state index contributed by atoms with van der Waals surface area (Å²) in [5.74, 6) is -0.356. The zero-order chi connectivity index (χ0) is 23.2. The number of amides is 1. The molecule has 9 heteroatoms. The first kappa shape index (κ1) is 26.0. The molecule has 1 amide bonds. The maximum absolute atomic E-state index is 13.4. The van der Waals surface area contributed by atoms with Crippen molar-refractivity contribution in [1.29, 1.82) is 0 Å². The van der Waals surface area contributed by atoms with Gasteiger partial charge in [-0.15, -0.1) is 0 Å². The van der Waals surface area contributed by atoms with E-state index in [0.29, 0.717) is 31.8 Å². The monoisotopic (exact) mass is 475 g/mol. The van der Waals surface area contributed by atoms with Crippen molar-refractivity contribution in [2.45, 2.75) is 45.4 Å². The summed E-state index contributed by atoms with van der Waals surface area (Å²) in [6.07, 6.45) is 0.958. The van der Waals surface area contributed by atoms with E-state index in [9.17, 15) is 17.6 Å². The Hall–Kier alpha value is -1.22. The maximum Gasteiger partial charge on any atom is 0.243 e.